The molecule has 142 valence electrons. The lowest BCUT2D eigenvalue weighted by Crippen LogP contribution is -2.60. The van der Waals surface area contributed by atoms with Crippen molar-refractivity contribution >= 4 is 17.2 Å². The van der Waals surface area contributed by atoms with E-state index in [9.17, 15) is 4.79 Å². The van der Waals surface area contributed by atoms with E-state index in [0.717, 1.165) is 30.2 Å². The van der Waals surface area contributed by atoms with Gasteiger partial charge in [-0.05, 0) is 30.4 Å². The van der Waals surface area contributed by atoms with E-state index in [4.69, 9.17) is 4.74 Å². The van der Waals surface area contributed by atoms with Crippen molar-refractivity contribution in [3.63, 3.8) is 0 Å². The summed E-state index contributed by atoms with van der Waals surface area (Å²) in [7, 11) is 0. The number of hydrogen-bond donors (Lipinski definition) is 0. The Bertz CT molecular complexity index is 796. The molecule has 3 fully saturated rings. The van der Waals surface area contributed by atoms with Gasteiger partial charge in [-0.15, -0.1) is 11.3 Å². The highest BCUT2D eigenvalue weighted by Gasteiger charge is 2.57. The van der Waals surface area contributed by atoms with Crippen LogP contribution in [0.25, 0.3) is 0 Å². The van der Waals surface area contributed by atoms with E-state index >= 15 is 0 Å². The number of aromatic nitrogens is 2. The quantitative estimate of drug-likeness (QED) is 0.791. The fraction of sp³-hybridized carbons (Fsp3) is 0.550. The first-order chi connectivity index (χ1) is 13.2. The molecule has 2 unspecified atom stereocenters. The van der Waals surface area contributed by atoms with Crippen molar-refractivity contribution in [2.75, 3.05) is 32.8 Å². The first kappa shape index (κ1) is 17.3. The minimum atomic E-state index is -0.798. The van der Waals surface area contributed by atoms with Crippen molar-refractivity contribution in [1.82, 2.24) is 19.8 Å². The van der Waals surface area contributed by atoms with Gasteiger partial charge in [0.1, 0.15) is 5.01 Å². The molecule has 27 heavy (non-hydrogen) atoms. The second kappa shape index (κ2) is 6.96. The van der Waals surface area contributed by atoms with Gasteiger partial charge in [0, 0.05) is 56.1 Å². The first-order valence-corrected chi connectivity index (χ1v) is 10.6. The molecule has 1 amide bonds. The smallest absolute Gasteiger partial charge is 0.256 e. The highest BCUT2D eigenvalue weighted by atomic mass is 32.1. The molecule has 0 N–H and O–H groups in total. The maximum atomic E-state index is 13.6. The van der Waals surface area contributed by atoms with Gasteiger partial charge in [0.25, 0.3) is 5.91 Å². The number of rotatable bonds is 5. The Morgan fingerprint density at radius 2 is 2.26 bits per heavy atom. The number of pyridine rings is 1. The summed E-state index contributed by atoms with van der Waals surface area (Å²) in [5, 5.41) is 3.08. The van der Waals surface area contributed by atoms with Crippen LogP contribution in [0, 0.1) is 5.92 Å². The molecule has 2 aliphatic heterocycles. The zero-order chi connectivity index (χ0) is 18.3. The van der Waals surface area contributed by atoms with Crippen LogP contribution in [0.5, 0.6) is 0 Å². The molecule has 2 atom stereocenters. The molecule has 5 rings (SSSR count). The number of likely N-dealkylation sites (tertiary alicyclic amines) is 1. The minimum absolute atomic E-state index is 0.000616. The maximum absolute atomic E-state index is 13.6. The molecule has 6 nitrogen and oxygen atoms in total. The molecule has 2 aromatic rings. The number of hydrogen-bond acceptors (Lipinski definition) is 6. The Hall–Kier alpha value is -1.83. The topological polar surface area (TPSA) is 58.6 Å². The first-order valence-electron chi connectivity index (χ1n) is 9.68. The molecule has 2 saturated heterocycles. The van der Waals surface area contributed by atoms with Crippen LogP contribution < -0.4 is 0 Å². The third-order valence-electron chi connectivity index (χ3n) is 5.94. The Labute approximate surface area is 163 Å². The molecule has 0 radical (unpaired) electrons. The molecule has 0 aromatic carbocycles. The van der Waals surface area contributed by atoms with E-state index < -0.39 is 5.60 Å². The Balaban J connectivity index is 1.45. The number of carbonyl (C=O) groups is 1. The molecule has 0 bridgehead atoms. The number of thiazole rings is 1. The average molecular weight is 385 g/mol. The van der Waals surface area contributed by atoms with Gasteiger partial charge in [0.05, 0.1) is 13.2 Å². The van der Waals surface area contributed by atoms with Crippen LogP contribution in [0.4, 0.5) is 0 Å². The summed E-state index contributed by atoms with van der Waals surface area (Å²) in [4.78, 5) is 26.7. The summed E-state index contributed by atoms with van der Waals surface area (Å²) in [5.41, 5.74) is 0.286. The highest BCUT2D eigenvalue weighted by molar-refractivity contribution is 7.09. The summed E-state index contributed by atoms with van der Waals surface area (Å²) in [6.45, 7) is 4.37. The SMILES string of the molecule is O=C1N(CC2CC2)CCOC12CN(Cc1nccs1)CC2c1cccnc1. The molecule has 1 aliphatic carbocycles. The van der Waals surface area contributed by atoms with Crippen LogP contribution in [-0.4, -0.2) is 64.1 Å². The van der Waals surface area contributed by atoms with Gasteiger partial charge in [0.15, 0.2) is 5.60 Å². The zero-order valence-electron chi connectivity index (χ0n) is 15.3. The number of morpholine rings is 1. The summed E-state index contributed by atoms with van der Waals surface area (Å²) in [5.74, 6) is 0.852. The molecule has 1 spiro atoms. The Kier molecular flexibility index (Phi) is 4.46. The van der Waals surface area contributed by atoms with Crippen LogP contribution in [0.3, 0.4) is 0 Å². The summed E-state index contributed by atoms with van der Waals surface area (Å²) in [6.07, 6.45) is 8.00. The van der Waals surface area contributed by atoms with E-state index in [0.29, 0.717) is 25.6 Å². The van der Waals surface area contributed by atoms with Crippen LogP contribution in [0.15, 0.2) is 36.1 Å². The summed E-state index contributed by atoms with van der Waals surface area (Å²) in [6, 6.07) is 4.02. The van der Waals surface area contributed by atoms with Crippen molar-refractivity contribution < 1.29 is 9.53 Å². The fourth-order valence-corrected chi connectivity index (χ4v) is 5.09. The predicted molar refractivity (Wildman–Crippen MR) is 102 cm³/mol. The third-order valence-corrected chi connectivity index (χ3v) is 6.70. The molecule has 4 heterocycles. The van der Waals surface area contributed by atoms with Gasteiger partial charge < -0.3 is 9.64 Å². The zero-order valence-corrected chi connectivity index (χ0v) is 16.1. The Morgan fingerprint density at radius 3 is 3.00 bits per heavy atom. The lowest BCUT2D eigenvalue weighted by atomic mass is 9.83. The van der Waals surface area contributed by atoms with E-state index in [-0.39, 0.29) is 11.8 Å². The van der Waals surface area contributed by atoms with E-state index in [2.05, 4.69) is 25.8 Å². The second-order valence-corrected chi connectivity index (χ2v) is 8.85. The Morgan fingerprint density at radius 1 is 1.33 bits per heavy atom. The average Bonchev–Trinajstić information content (AvgIpc) is 3.22. The normalized spacial score (nSPS) is 29.0. The monoisotopic (exact) mass is 384 g/mol. The number of carbonyl (C=O) groups excluding carboxylic acids is 1. The minimum Gasteiger partial charge on any atom is -0.361 e. The van der Waals surface area contributed by atoms with Crippen molar-refractivity contribution in [2.45, 2.75) is 30.9 Å². The third kappa shape index (κ3) is 3.28. The van der Waals surface area contributed by atoms with Gasteiger partial charge in [-0.25, -0.2) is 4.98 Å². The lowest BCUT2D eigenvalue weighted by molar-refractivity contribution is -0.172. The second-order valence-electron chi connectivity index (χ2n) is 7.87. The van der Waals surface area contributed by atoms with Crippen molar-refractivity contribution in [2.24, 2.45) is 5.92 Å². The van der Waals surface area contributed by atoms with Crippen LogP contribution in [0.1, 0.15) is 29.3 Å². The fourth-order valence-electron chi connectivity index (χ4n) is 4.43. The number of nitrogens with zero attached hydrogens (tertiary/aromatic N) is 4. The van der Waals surface area contributed by atoms with Gasteiger partial charge in [-0.2, -0.15) is 0 Å². The van der Waals surface area contributed by atoms with Gasteiger partial charge in [0.2, 0.25) is 0 Å². The van der Waals surface area contributed by atoms with Crippen LogP contribution >= 0.6 is 11.3 Å². The molecule has 1 saturated carbocycles. The van der Waals surface area contributed by atoms with E-state index in [1.165, 1.54) is 12.8 Å². The predicted octanol–water partition coefficient (Wildman–Crippen LogP) is 2.15. The number of ether oxygens (including phenoxy) is 1. The number of amides is 1. The van der Waals surface area contributed by atoms with Crippen molar-refractivity contribution in [1.29, 1.82) is 0 Å². The van der Waals surface area contributed by atoms with E-state index in [1.54, 1.807) is 17.5 Å². The standard InChI is InChI=1S/C20H24N4O2S/c25-19-20(26-8-7-24(19)11-15-3-4-15)14-23(13-18-22-6-9-27-18)12-17(20)16-2-1-5-21-10-16/h1-2,5-6,9-10,15,17H,3-4,7-8,11-14H2. The van der Waals surface area contributed by atoms with E-state index in [1.807, 2.05) is 23.8 Å². The molecular weight excluding hydrogens is 360 g/mol. The molecule has 3 aliphatic rings. The molecular formula is C20H24N4O2S. The summed E-state index contributed by atoms with van der Waals surface area (Å²) < 4.78 is 6.31. The van der Waals surface area contributed by atoms with Gasteiger partial charge in [-0.3, -0.25) is 14.7 Å². The molecule has 2 aromatic heterocycles. The summed E-state index contributed by atoms with van der Waals surface area (Å²) >= 11 is 1.66. The van der Waals surface area contributed by atoms with Gasteiger partial charge in [-0.1, -0.05) is 6.07 Å². The van der Waals surface area contributed by atoms with Crippen molar-refractivity contribution in [3.05, 3.63) is 46.7 Å². The van der Waals surface area contributed by atoms with Gasteiger partial charge >= 0.3 is 0 Å². The molecule has 7 heteroatoms. The van der Waals surface area contributed by atoms with Crippen LogP contribution in [0.2, 0.25) is 0 Å². The highest BCUT2D eigenvalue weighted by Crippen LogP contribution is 2.43. The van der Waals surface area contributed by atoms with Crippen LogP contribution in [-0.2, 0) is 16.1 Å². The maximum Gasteiger partial charge on any atom is 0.256 e. The largest absolute Gasteiger partial charge is 0.361 e. The van der Waals surface area contributed by atoms with Crippen molar-refractivity contribution in [3.8, 4) is 0 Å². The lowest BCUT2D eigenvalue weighted by Gasteiger charge is -2.42.